The van der Waals surface area contributed by atoms with Gasteiger partial charge in [0.15, 0.2) is 0 Å². The van der Waals surface area contributed by atoms with Gasteiger partial charge in [0, 0.05) is 6.92 Å². The van der Waals surface area contributed by atoms with Crippen molar-refractivity contribution >= 4 is 20.0 Å². The van der Waals surface area contributed by atoms with E-state index in [1.807, 2.05) is 33.8 Å². The van der Waals surface area contributed by atoms with Gasteiger partial charge in [-0.25, -0.2) is 4.79 Å². The van der Waals surface area contributed by atoms with Crippen molar-refractivity contribution in [1.29, 1.82) is 0 Å². The molecule has 0 radical (unpaired) electrons. The molecule has 1 N–H and O–H groups in total. The molecule has 25 heavy (non-hydrogen) atoms. The van der Waals surface area contributed by atoms with E-state index < -0.39 is 13.7 Å². The van der Waals surface area contributed by atoms with Gasteiger partial charge in [0.25, 0.3) is 0 Å². The van der Waals surface area contributed by atoms with Crippen LogP contribution >= 0.6 is 0 Å². The second-order valence-corrected chi connectivity index (χ2v) is 14.9. The third kappa shape index (κ3) is 5.30. The van der Waals surface area contributed by atoms with Crippen LogP contribution in [-0.4, -0.2) is 31.6 Å². The molecule has 0 spiro atoms. The van der Waals surface area contributed by atoms with E-state index in [1.165, 1.54) is 6.92 Å². The highest BCUT2D eigenvalue weighted by molar-refractivity contribution is 6.88. The number of amides is 1. The highest BCUT2D eigenvalue weighted by Gasteiger charge is 2.44. The molecule has 1 amide bonds. The Kier molecular flexibility index (Phi) is 6.16. The van der Waals surface area contributed by atoms with E-state index in [2.05, 4.69) is 45.3 Å². The molecule has 142 valence electrons. The normalized spacial score (nSPS) is 22.0. The molecule has 1 rings (SSSR count). The van der Waals surface area contributed by atoms with Gasteiger partial charge in [0.05, 0.1) is 19.7 Å². The monoisotopic (exact) mass is 365 g/mol. The molecule has 0 aliphatic heterocycles. The summed E-state index contributed by atoms with van der Waals surface area (Å²) in [5.41, 5.74) is 0.143. The molecule has 0 saturated heterocycles. The van der Waals surface area contributed by atoms with Crippen LogP contribution in [0.1, 0.15) is 55.4 Å². The van der Waals surface area contributed by atoms with Crippen LogP contribution in [0.25, 0.3) is 0 Å². The fourth-order valence-electron chi connectivity index (χ4n) is 2.75. The minimum atomic E-state index is -1.99. The number of carbonyl (C=O) groups excluding carboxylic acids is 2. The van der Waals surface area contributed by atoms with Gasteiger partial charge >= 0.3 is 5.97 Å². The number of rotatable bonds is 3. The number of carbonyl (C=O) groups is 2. The summed E-state index contributed by atoms with van der Waals surface area (Å²) in [4.78, 5) is 24.4. The summed E-state index contributed by atoms with van der Waals surface area (Å²) in [5.74, 6) is -0.284. The van der Waals surface area contributed by atoms with E-state index >= 15 is 0 Å². The number of hydrogen-bond acceptors (Lipinski definition) is 3. The first-order valence-corrected chi connectivity index (χ1v) is 12.0. The van der Waals surface area contributed by atoms with Crippen molar-refractivity contribution in [2.45, 2.75) is 85.2 Å². The average molecular weight is 366 g/mol. The van der Waals surface area contributed by atoms with Gasteiger partial charge in [-0.1, -0.05) is 52.9 Å². The van der Waals surface area contributed by atoms with Crippen LogP contribution in [0.4, 0.5) is 0 Å². The van der Waals surface area contributed by atoms with Crippen LogP contribution in [0.15, 0.2) is 22.9 Å². The van der Waals surface area contributed by atoms with E-state index in [9.17, 15) is 9.59 Å². The smallest absolute Gasteiger partial charge is 0.338 e. The molecule has 4 nitrogen and oxygen atoms in total. The van der Waals surface area contributed by atoms with Crippen molar-refractivity contribution in [3.63, 3.8) is 0 Å². The van der Waals surface area contributed by atoms with E-state index in [1.54, 1.807) is 0 Å². The topological polar surface area (TPSA) is 55.4 Å². The summed E-state index contributed by atoms with van der Waals surface area (Å²) in [7, 11) is -1.99. The maximum absolute atomic E-state index is 12.9. The highest BCUT2D eigenvalue weighted by atomic mass is 28.3. The number of hydrogen-bond donors (Lipinski definition) is 1. The molecular formula is C20H35NO3Si. The van der Waals surface area contributed by atoms with Gasteiger partial charge in [0.2, 0.25) is 5.91 Å². The largest absolute Gasteiger partial charge is 0.456 e. The van der Waals surface area contributed by atoms with E-state index in [0.29, 0.717) is 5.57 Å². The Hall–Kier alpha value is -1.36. The Morgan fingerprint density at radius 1 is 1.08 bits per heavy atom. The molecule has 0 saturated carbocycles. The second-order valence-electron chi connectivity index (χ2n) is 9.62. The number of esters is 1. The summed E-state index contributed by atoms with van der Waals surface area (Å²) in [5, 5.41) is 4.15. The molecule has 5 heteroatoms. The Morgan fingerprint density at radius 3 is 2.00 bits per heavy atom. The quantitative estimate of drug-likeness (QED) is 0.596. The molecule has 0 aromatic rings. The fourth-order valence-corrected chi connectivity index (χ4v) is 5.01. The molecule has 0 unspecified atom stereocenters. The van der Waals surface area contributed by atoms with Crippen molar-refractivity contribution in [1.82, 2.24) is 5.32 Å². The highest BCUT2D eigenvalue weighted by Crippen LogP contribution is 2.45. The van der Waals surface area contributed by atoms with Crippen molar-refractivity contribution in [2.24, 2.45) is 5.92 Å². The van der Waals surface area contributed by atoms with Crippen LogP contribution < -0.4 is 5.32 Å². The minimum Gasteiger partial charge on any atom is -0.456 e. The minimum absolute atomic E-state index is 0.0416. The van der Waals surface area contributed by atoms with Gasteiger partial charge in [-0.2, -0.15) is 0 Å². The van der Waals surface area contributed by atoms with Crippen molar-refractivity contribution < 1.29 is 14.3 Å². The lowest BCUT2D eigenvalue weighted by molar-refractivity contribution is -0.149. The Bertz CT molecular complexity index is 603. The fraction of sp³-hybridized carbons (Fsp3) is 0.700. The summed E-state index contributed by atoms with van der Waals surface area (Å²) in [6.07, 6.45) is 4.08. The van der Waals surface area contributed by atoms with Crippen molar-refractivity contribution in [2.75, 3.05) is 0 Å². The zero-order valence-corrected chi connectivity index (χ0v) is 18.5. The van der Waals surface area contributed by atoms with Gasteiger partial charge in [-0.15, -0.1) is 0 Å². The van der Waals surface area contributed by atoms with Gasteiger partial charge < -0.3 is 10.1 Å². The van der Waals surface area contributed by atoms with Crippen molar-refractivity contribution in [3.05, 3.63) is 22.9 Å². The maximum Gasteiger partial charge on any atom is 0.338 e. The second kappa shape index (κ2) is 7.10. The van der Waals surface area contributed by atoms with Crippen LogP contribution in [0, 0.1) is 5.92 Å². The van der Waals surface area contributed by atoms with Gasteiger partial charge in [-0.3, -0.25) is 4.79 Å². The molecule has 0 heterocycles. The molecule has 0 bridgehead atoms. The SMILES string of the molecule is CC(=O)N[C@H]1C=C([Si](C)(C)C(C)(C)C)C(C(=O)OC(C)(C)C)=C[C@H]1C. The van der Waals surface area contributed by atoms with E-state index in [-0.39, 0.29) is 28.9 Å². The van der Waals surface area contributed by atoms with Crippen LogP contribution in [0.3, 0.4) is 0 Å². The lowest BCUT2D eigenvalue weighted by Crippen LogP contribution is -2.46. The van der Waals surface area contributed by atoms with Crippen molar-refractivity contribution in [3.8, 4) is 0 Å². The van der Waals surface area contributed by atoms with Crippen LogP contribution in [0.5, 0.6) is 0 Å². The molecule has 0 fully saturated rings. The first-order chi connectivity index (χ1) is 11.1. The summed E-state index contributed by atoms with van der Waals surface area (Å²) in [6.45, 7) is 20.4. The lowest BCUT2D eigenvalue weighted by Gasteiger charge is -2.42. The zero-order chi connectivity index (χ0) is 19.8. The molecule has 0 aromatic carbocycles. The van der Waals surface area contributed by atoms with Gasteiger partial charge in [0.1, 0.15) is 5.60 Å². The van der Waals surface area contributed by atoms with Crippen LogP contribution in [0.2, 0.25) is 18.1 Å². The van der Waals surface area contributed by atoms with E-state index in [4.69, 9.17) is 4.74 Å². The molecule has 1 aliphatic carbocycles. The Labute approximate surface area is 154 Å². The first-order valence-electron chi connectivity index (χ1n) is 9.01. The van der Waals surface area contributed by atoms with Crippen LogP contribution in [-0.2, 0) is 14.3 Å². The molecule has 2 atom stereocenters. The summed E-state index contributed by atoms with van der Waals surface area (Å²) < 4.78 is 5.67. The predicted octanol–water partition coefficient (Wildman–Crippen LogP) is 4.38. The third-order valence-corrected chi connectivity index (χ3v) is 10.7. The Balaban J connectivity index is 3.40. The van der Waals surface area contributed by atoms with Gasteiger partial charge in [-0.05, 0) is 36.9 Å². The molecule has 1 aliphatic rings. The molecule has 0 aromatic heterocycles. The molecular weight excluding hydrogens is 330 g/mol. The first kappa shape index (κ1) is 21.7. The summed E-state index contributed by atoms with van der Waals surface area (Å²) in [6, 6.07) is -0.0900. The average Bonchev–Trinajstić information content (AvgIpc) is 2.36. The van der Waals surface area contributed by atoms with E-state index in [0.717, 1.165) is 5.20 Å². The lowest BCUT2D eigenvalue weighted by atomic mass is 9.92. The third-order valence-electron chi connectivity index (χ3n) is 5.17. The maximum atomic E-state index is 12.9. The summed E-state index contributed by atoms with van der Waals surface area (Å²) >= 11 is 0. The predicted molar refractivity (Wildman–Crippen MR) is 106 cm³/mol. The Morgan fingerprint density at radius 2 is 1.60 bits per heavy atom. The standard InChI is InChI=1S/C20H35NO3Si/c1-13-11-15(18(23)24-19(3,4)5)17(12-16(13)21-14(2)22)25(9,10)20(6,7)8/h11-13,16H,1-10H3,(H,21,22)/t13-,16+/m1/s1. The zero-order valence-electron chi connectivity index (χ0n) is 17.5. The number of nitrogens with one attached hydrogen (secondary N) is 1. The number of ether oxygens (including phenoxy) is 1.